The van der Waals surface area contributed by atoms with Crippen molar-refractivity contribution in [3.63, 3.8) is 0 Å². The summed E-state index contributed by atoms with van der Waals surface area (Å²) in [6, 6.07) is 7.46. The Morgan fingerprint density at radius 2 is 2.00 bits per heavy atom. The Labute approximate surface area is 118 Å². The fourth-order valence-corrected chi connectivity index (χ4v) is 2.02. The molecular weight excluding hydrogens is 292 g/mol. The van der Waals surface area contributed by atoms with Crippen LogP contribution < -0.4 is 5.32 Å². The van der Waals surface area contributed by atoms with Crippen LogP contribution in [-0.4, -0.2) is 43.9 Å². The largest absolute Gasteiger partial charge is 0.320 e. The van der Waals surface area contributed by atoms with Gasteiger partial charge in [0.15, 0.2) is 5.78 Å². The van der Waals surface area contributed by atoms with Crippen molar-refractivity contribution in [1.82, 2.24) is 10.2 Å². The first kappa shape index (κ1) is 15.3. The van der Waals surface area contributed by atoms with Gasteiger partial charge in [-0.2, -0.15) is 0 Å². The van der Waals surface area contributed by atoms with E-state index in [0.717, 1.165) is 29.5 Å². The van der Waals surface area contributed by atoms with Gasteiger partial charge in [0.2, 0.25) is 0 Å². The number of likely N-dealkylation sites (N-methyl/N-ethyl adjacent to an activating group) is 1. The van der Waals surface area contributed by atoms with Gasteiger partial charge in [-0.1, -0.05) is 28.1 Å². The summed E-state index contributed by atoms with van der Waals surface area (Å²) in [6.45, 7) is 3.86. The molecule has 0 aliphatic carbocycles. The zero-order valence-electron chi connectivity index (χ0n) is 11.2. The molecule has 0 radical (unpaired) electrons. The summed E-state index contributed by atoms with van der Waals surface area (Å²) in [4.78, 5) is 14.4. The van der Waals surface area contributed by atoms with E-state index in [4.69, 9.17) is 0 Å². The number of rotatable bonds is 7. The van der Waals surface area contributed by atoms with E-state index in [0.29, 0.717) is 0 Å². The Morgan fingerprint density at radius 1 is 1.39 bits per heavy atom. The first-order valence-electron chi connectivity index (χ1n) is 6.21. The van der Waals surface area contributed by atoms with Crippen molar-refractivity contribution in [1.29, 1.82) is 0 Å². The standard InChI is InChI=1S/C14H21BrN2O/c1-11(17(3)10-4-9-16-2)14(18)12-5-7-13(15)8-6-12/h5-8,11,16H,4,9-10H2,1-3H3. The third kappa shape index (κ3) is 4.52. The Balaban J connectivity index is 2.57. The van der Waals surface area contributed by atoms with Crippen molar-refractivity contribution in [2.45, 2.75) is 19.4 Å². The lowest BCUT2D eigenvalue weighted by Crippen LogP contribution is -2.37. The number of benzene rings is 1. The van der Waals surface area contributed by atoms with Crippen LogP contribution in [0.4, 0.5) is 0 Å². The molecule has 1 aromatic rings. The Bertz CT molecular complexity index is 378. The van der Waals surface area contributed by atoms with Gasteiger partial charge < -0.3 is 5.32 Å². The minimum atomic E-state index is -0.0805. The number of nitrogens with one attached hydrogen (secondary N) is 1. The number of hydrogen-bond donors (Lipinski definition) is 1. The van der Waals surface area contributed by atoms with Gasteiger partial charge in [0.05, 0.1) is 6.04 Å². The van der Waals surface area contributed by atoms with Crippen LogP contribution in [-0.2, 0) is 0 Å². The molecule has 0 fully saturated rings. The molecule has 1 unspecified atom stereocenters. The highest BCUT2D eigenvalue weighted by atomic mass is 79.9. The van der Waals surface area contributed by atoms with Gasteiger partial charge in [-0.05, 0) is 52.7 Å². The average molecular weight is 313 g/mol. The van der Waals surface area contributed by atoms with Crippen LogP contribution in [0.15, 0.2) is 28.7 Å². The normalized spacial score (nSPS) is 12.7. The van der Waals surface area contributed by atoms with Crippen LogP contribution in [0.3, 0.4) is 0 Å². The zero-order valence-corrected chi connectivity index (χ0v) is 12.8. The molecule has 0 aliphatic heterocycles. The van der Waals surface area contributed by atoms with Crippen molar-refractivity contribution < 1.29 is 4.79 Å². The second-order valence-electron chi connectivity index (χ2n) is 4.48. The van der Waals surface area contributed by atoms with Crippen LogP contribution in [0.5, 0.6) is 0 Å². The number of Topliss-reactive ketones (excluding diaryl/α,β-unsaturated/α-hetero) is 1. The summed E-state index contributed by atoms with van der Waals surface area (Å²) in [5, 5.41) is 3.11. The molecule has 0 amide bonds. The summed E-state index contributed by atoms with van der Waals surface area (Å²) in [6.07, 6.45) is 1.05. The molecule has 0 bridgehead atoms. The summed E-state index contributed by atoms with van der Waals surface area (Å²) >= 11 is 3.37. The summed E-state index contributed by atoms with van der Waals surface area (Å²) < 4.78 is 0.995. The third-order valence-corrected chi connectivity index (χ3v) is 3.64. The number of carbonyl (C=O) groups is 1. The highest BCUT2D eigenvalue weighted by Gasteiger charge is 2.18. The van der Waals surface area contributed by atoms with Gasteiger partial charge in [0.25, 0.3) is 0 Å². The molecule has 0 spiro atoms. The molecule has 0 heterocycles. The molecule has 18 heavy (non-hydrogen) atoms. The van der Waals surface area contributed by atoms with E-state index in [2.05, 4.69) is 26.1 Å². The van der Waals surface area contributed by atoms with E-state index in [1.807, 2.05) is 45.3 Å². The molecule has 3 nitrogen and oxygen atoms in total. The van der Waals surface area contributed by atoms with Gasteiger partial charge in [-0.25, -0.2) is 0 Å². The lowest BCUT2D eigenvalue weighted by atomic mass is 10.0. The van der Waals surface area contributed by atoms with E-state index < -0.39 is 0 Å². The van der Waals surface area contributed by atoms with Crippen LogP contribution in [0.2, 0.25) is 0 Å². The van der Waals surface area contributed by atoms with E-state index in [9.17, 15) is 4.79 Å². The van der Waals surface area contributed by atoms with Crippen molar-refractivity contribution in [2.24, 2.45) is 0 Å². The van der Waals surface area contributed by atoms with Crippen LogP contribution in [0, 0.1) is 0 Å². The van der Waals surface area contributed by atoms with Gasteiger partial charge in [0.1, 0.15) is 0 Å². The van der Waals surface area contributed by atoms with E-state index in [1.165, 1.54) is 0 Å². The third-order valence-electron chi connectivity index (χ3n) is 3.11. The maximum absolute atomic E-state index is 12.3. The Morgan fingerprint density at radius 3 is 2.56 bits per heavy atom. The number of nitrogens with zero attached hydrogens (tertiary/aromatic N) is 1. The minimum Gasteiger partial charge on any atom is -0.320 e. The maximum atomic E-state index is 12.3. The monoisotopic (exact) mass is 312 g/mol. The van der Waals surface area contributed by atoms with Gasteiger partial charge >= 0.3 is 0 Å². The number of carbonyl (C=O) groups excluding carboxylic acids is 1. The topological polar surface area (TPSA) is 32.3 Å². The number of halogens is 1. The fourth-order valence-electron chi connectivity index (χ4n) is 1.75. The summed E-state index contributed by atoms with van der Waals surface area (Å²) in [5.74, 6) is 0.175. The van der Waals surface area contributed by atoms with Crippen molar-refractivity contribution in [2.75, 3.05) is 27.2 Å². The summed E-state index contributed by atoms with van der Waals surface area (Å²) in [7, 11) is 3.94. The Hall–Kier alpha value is -0.710. The van der Waals surface area contributed by atoms with Crippen LogP contribution in [0.1, 0.15) is 23.7 Å². The second-order valence-corrected chi connectivity index (χ2v) is 5.40. The molecule has 1 N–H and O–H groups in total. The minimum absolute atomic E-state index is 0.0805. The van der Waals surface area contributed by atoms with Crippen LogP contribution >= 0.6 is 15.9 Å². The SMILES string of the molecule is CNCCCN(C)C(C)C(=O)c1ccc(Br)cc1. The smallest absolute Gasteiger partial charge is 0.179 e. The predicted molar refractivity (Wildman–Crippen MR) is 79.1 cm³/mol. The first-order valence-corrected chi connectivity index (χ1v) is 7.00. The fraction of sp³-hybridized carbons (Fsp3) is 0.500. The maximum Gasteiger partial charge on any atom is 0.179 e. The van der Waals surface area contributed by atoms with E-state index in [-0.39, 0.29) is 11.8 Å². The lowest BCUT2D eigenvalue weighted by Gasteiger charge is -2.23. The zero-order chi connectivity index (χ0) is 13.5. The van der Waals surface area contributed by atoms with Crippen molar-refractivity contribution >= 4 is 21.7 Å². The number of ketones is 1. The molecule has 0 aliphatic rings. The van der Waals surface area contributed by atoms with Crippen molar-refractivity contribution in [3.05, 3.63) is 34.3 Å². The average Bonchev–Trinajstić information content (AvgIpc) is 2.38. The van der Waals surface area contributed by atoms with Gasteiger partial charge in [0, 0.05) is 10.0 Å². The molecule has 0 aromatic heterocycles. The van der Waals surface area contributed by atoms with Gasteiger partial charge in [-0.3, -0.25) is 9.69 Å². The predicted octanol–water partition coefficient (Wildman–Crippen LogP) is 2.56. The van der Waals surface area contributed by atoms with Crippen LogP contribution in [0.25, 0.3) is 0 Å². The highest BCUT2D eigenvalue weighted by Crippen LogP contribution is 2.13. The first-order chi connectivity index (χ1) is 8.56. The molecule has 0 saturated carbocycles. The molecule has 1 rings (SSSR count). The number of hydrogen-bond acceptors (Lipinski definition) is 3. The summed E-state index contributed by atoms with van der Waals surface area (Å²) in [5.41, 5.74) is 0.770. The highest BCUT2D eigenvalue weighted by molar-refractivity contribution is 9.10. The molecule has 1 atom stereocenters. The Kier molecular flexibility index (Phi) is 6.54. The molecule has 0 saturated heterocycles. The van der Waals surface area contributed by atoms with Gasteiger partial charge in [-0.15, -0.1) is 0 Å². The molecular formula is C14H21BrN2O. The lowest BCUT2D eigenvalue weighted by molar-refractivity contribution is 0.0868. The van der Waals surface area contributed by atoms with E-state index >= 15 is 0 Å². The van der Waals surface area contributed by atoms with E-state index in [1.54, 1.807) is 0 Å². The second kappa shape index (κ2) is 7.67. The molecule has 1 aromatic carbocycles. The molecule has 100 valence electrons. The molecule has 4 heteroatoms. The van der Waals surface area contributed by atoms with Crippen molar-refractivity contribution in [3.8, 4) is 0 Å². The quantitative estimate of drug-likeness (QED) is 0.620.